The molecular weight excluding hydrogens is 272 g/mol. The molecule has 0 unspecified atom stereocenters. The molecule has 1 aromatic rings. The molecule has 110 valence electrons. The fourth-order valence-electron chi connectivity index (χ4n) is 1.51. The van der Waals surface area contributed by atoms with Crippen molar-refractivity contribution < 1.29 is 9.59 Å². The smallest absolute Gasteiger partial charge is 0.321 e. The zero-order valence-electron chi connectivity index (χ0n) is 12.4. The van der Waals surface area contributed by atoms with E-state index in [4.69, 9.17) is 0 Å². The average molecular weight is 294 g/mol. The number of nitrogens with one attached hydrogen (secondary N) is 2. The van der Waals surface area contributed by atoms with Gasteiger partial charge in [-0.2, -0.15) is 0 Å². The number of hydrogen-bond acceptors (Lipinski definition) is 3. The minimum Gasteiger partial charge on any atom is -0.338 e. The standard InChI is InChI=1S/C15H22N2O2S/c1-10(2)8-16-15(19)17-14(18)9-20-13-7-11(3)5-6-12(13)4/h5-7,10H,8-9H2,1-4H3,(H2,16,17,18,19). The van der Waals surface area contributed by atoms with Gasteiger partial charge in [-0.15, -0.1) is 11.8 Å². The number of hydrogen-bond donors (Lipinski definition) is 2. The van der Waals surface area contributed by atoms with Crippen molar-refractivity contribution in [3.05, 3.63) is 29.3 Å². The van der Waals surface area contributed by atoms with Gasteiger partial charge in [-0.1, -0.05) is 31.5 Å². The predicted molar refractivity (Wildman–Crippen MR) is 83.0 cm³/mol. The Balaban J connectivity index is 2.39. The maximum absolute atomic E-state index is 11.7. The molecule has 3 amide bonds. The van der Waals surface area contributed by atoms with E-state index in [0.717, 1.165) is 16.0 Å². The van der Waals surface area contributed by atoms with Crippen LogP contribution in [0.15, 0.2) is 23.1 Å². The highest BCUT2D eigenvalue weighted by molar-refractivity contribution is 8.00. The lowest BCUT2D eigenvalue weighted by atomic mass is 10.2. The van der Waals surface area contributed by atoms with E-state index in [9.17, 15) is 9.59 Å². The predicted octanol–water partition coefficient (Wildman–Crippen LogP) is 2.88. The summed E-state index contributed by atoms with van der Waals surface area (Å²) in [7, 11) is 0. The van der Waals surface area contributed by atoms with E-state index in [-0.39, 0.29) is 11.7 Å². The van der Waals surface area contributed by atoms with Crippen LogP contribution in [-0.2, 0) is 4.79 Å². The summed E-state index contributed by atoms with van der Waals surface area (Å²) in [5, 5.41) is 4.98. The second-order valence-electron chi connectivity index (χ2n) is 5.21. The highest BCUT2D eigenvalue weighted by Crippen LogP contribution is 2.23. The normalized spacial score (nSPS) is 10.4. The topological polar surface area (TPSA) is 58.2 Å². The van der Waals surface area contributed by atoms with Crippen molar-refractivity contribution in [2.75, 3.05) is 12.3 Å². The second-order valence-corrected chi connectivity index (χ2v) is 6.23. The van der Waals surface area contributed by atoms with Crippen molar-refractivity contribution in [1.29, 1.82) is 0 Å². The van der Waals surface area contributed by atoms with Gasteiger partial charge in [0.15, 0.2) is 0 Å². The molecule has 0 spiro atoms. The molecule has 4 nitrogen and oxygen atoms in total. The lowest BCUT2D eigenvalue weighted by molar-refractivity contribution is -0.117. The molecule has 20 heavy (non-hydrogen) atoms. The quantitative estimate of drug-likeness (QED) is 0.821. The van der Waals surface area contributed by atoms with Crippen molar-refractivity contribution in [3.8, 4) is 0 Å². The first-order valence-electron chi connectivity index (χ1n) is 6.66. The van der Waals surface area contributed by atoms with E-state index in [1.165, 1.54) is 11.8 Å². The molecule has 0 saturated carbocycles. The molecule has 0 aliphatic carbocycles. The SMILES string of the molecule is Cc1ccc(C)c(SCC(=O)NC(=O)NCC(C)C)c1. The van der Waals surface area contributed by atoms with Gasteiger partial charge in [0.2, 0.25) is 5.91 Å². The number of urea groups is 1. The highest BCUT2D eigenvalue weighted by Gasteiger charge is 2.09. The Morgan fingerprint density at radius 2 is 1.95 bits per heavy atom. The number of aryl methyl sites for hydroxylation is 2. The summed E-state index contributed by atoms with van der Waals surface area (Å²) in [5.74, 6) is 0.316. The zero-order chi connectivity index (χ0) is 15.1. The monoisotopic (exact) mass is 294 g/mol. The summed E-state index contributed by atoms with van der Waals surface area (Å²) >= 11 is 1.44. The molecule has 0 radical (unpaired) electrons. The molecule has 1 rings (SSSR count). The van der Waals surface area contributed by atoms with Crippen molar-refractivity contribution in [1.82, 2.24) is 10.6 Å². The Hall–Kier alpha value is -1.49. The Kier molecular flexibility index (Phi) is 6.58. The van der Waals surface area contributed by atoms with Crippen LogP contribution < -0.4 is 10.6 Å². The molecule has 2 N–H and O–H groups in total. The molecule has 0 bridgehead atoms. The number of carbonyl (C=O) groups excluding carboxylic acids is 2. The van der Waals surface area contributed by atoms with Crippen LogP contribution in [0.2, 0.25) is 0 Å². The average Bonchev–Trinajstić information content (AvgIpc) is 2.37. The third kappa shape index (κ3) is 6.10. The van der Waals surface area contributed by atoms with Crippen molar-refractivity contribution in [2.45, 2.75) is 32.6 Å². The molecule has 0 aliphatic heterocycles. The molecule has 0 heterocycles. The summed E-state index contributed by atoms with van der Waals surface area (Å²) in [5.41, 5.74) is 2.30. The van der Waals surface area contributed by atoms with Crippen molar-refractivity contribution >= 4 is 23.7 Å². The van der Waals surface area contributed by atoms with E-state index in [1.807, 2.05) is 45.9 Å². The summed E-state index contributed by atoms with van der Waals surface area (Å²) in [6.45, 7) is 8.58. The summed E-state index contributed by atoms with van der Waals surface area (Å²) in [6.07, 6.45) is 0. The van der Waals surface area contributed by atoms with Crippen molar-refractivity contribution in [2.24, 2.45) is 5.92 Å². The molecule has 0 aliphatic rings. The highest BCUT2D eigenvalue weighted by atomic mass is 32.2. The number of imide groups is 1. The lowest BCUT2D eigenvalue weighted by Crippen LogP contribution is -2.41. The van der Waals surface area contributed by atoms with Gasteiger partial charge < -0.3 is 5.32 Å². The first-order valence-corrected chi connectivity index (χ1v) is 7.64. The number of benzene rings is 1. The first-order chi connectivity index (χ1) is 9.38. The zero-order valence-corrected chi connectivity index (χ0v) is 13.3. The van der Waals surface area contributed by atoms with Crippen LogP contribution >= 0.6 is 11.8 Å². The van der Waals surface area contributed by atoms with Gasteiger partial charge in [0.25, 0.3) is 0 Å². The third-order valence-electron chi connectivity index (χ3n) is 2.63. The Labute approximate surface area is 124 Å². The molecule has 0 saturated heterocycles. The molecule has 0 atom stereocenters. The Bertz CT molecular complexity index is 487. The fourth-order valence-corrected chi connectivity index (χ4v) is 2.43. The molecule has 5 heteroatoms. The number of amides is 3. The van der Waals surface area contributed by atoms with Gasteiger partial charge in [0.1, 0.15) is 0 Å². The number of carbonyl (C=O) groups is 2. The van der Waals surface area contributed by atoms with Gasteiger partial charge >= 0.3 is 6.03 Å². The molecule has 0 fully saturated rings. The van der Waals surface area contributed by atoms with Gasteiger partial charge in [-0.05, 0) is 31.4 Å². The van der Waals surface area contributed by atoms with E-state index < -0.39 is 6.03 Å². The molecular formula is C15H22N2O2S. The van der Waals surface area contributed by atoms with Crippen LogP contribution in [0.3, 0.4) is 0 Å². The molecule has 1 aromatic carbocycles. The summed E-state index contributed by atoms with van der Waals surface area (Å²) in [6, 6.07) is 5.70. The van der Waals surface area contributed by atoms with Crippen LogP contribution in [0.5, 0.6) is 0 Å². The fraction of sp³-hybridized carbons (Fsp3) is 0.467. The maximum Gasteiger partial charge on any atom is 0.321 e. The van der Waals surface area contributed by atoms with E-state index in [1.54, 1.807) is 0 Å². The van der Waals surface area contributed by atoms with Crippen LogP contribution in [-0.4, -0.2) is 24.2 Å². The molecule has 0 aromatic heterocycles. The Morgan fingerprint density at radius 3 is 2.60 bits per heavy atom. The van der Waals surface area contributed by atoms with E-state index >= 15 is 0 Å². The van der Waals surface area contributed by atoms with Gasteiger partial charge in [-0.25, -0.2) is 4.79 Å². The largest absolute Gasteiger partial charge is 0.338 e. The Morgan fingerprint density at radius 1 is 1.25 bits per heavy atom. The minimum absolute atomic E-state index is 0.236. The van der Waals surface area contributed by atoms with Gasteiger partial charge in [-0.3, -0.25) is 10.1 Å². The minimum atomic E-state index is -0.426. The van der Waals surface area contributed by atoms with Gasteiger partial charge in [0.05, 0.1) is 5.75 Å². The van der Waals surface area contributed by atoms with Crippen LogP contribution in [0.4, 0.5) is 4.79 Å². The van der Waals surface area contributed by atoms with Crippen LogP contribution in [0, 0.1) is 19.8 Å². The number of thioether (sulfide) groups is 1. The van der Waals surface area contributed by atoms with E-state index in [2.05, 4.69) is 10.6 Å². The first kappa shape index (κ1) is 16.6. The lowest BCUT2D eigenvalue weighted by Gasteiger charge is -2.09. The second kappa shape index (κ2) is 7.94. The maximum atomic E-state index is 11.7. The third-order valence-corrected chi connectivity index (χ3v) is 3.78. The van der Waals surface area contributed by atoms with Gasteiger partial charge in [0, 0.05) is 11.4 Å². The van der Waals surface area contributed by atoms with Crippen LogP contribution in [0.1, 0.15) is 25.0 Å². The van der Waals surface area contributed by atoms with E-state index in [0.29, 0.717) is 12.5 Å². The van der Waals surface area contributed by atoms with Crippen LogP contribution in [0.25, 0.3) is 0 Å². The number of rotatable bonds is 5. The summed E-state index contributed by atoms with van der Waals surface area (Å²) < 4.78 is 0. The summed E-state index contributed by atoms with van der Waals surface area (Å²) in [4.78, 5) is 24.2. The van der Waals surface area contributed by atoms with Crippen molar-refractivity contribution in [3.63, 3.8) is 0 Å².